The van der Waals surface area contributed by atoms with Crippen molar-refractivity contribution in [2.45, 2.75) is 26.2 Å². The number of aryl methyl sites for hydroxylation is 1. The molecule has 0 aliphatic carbocycles. The van der Waals surface area contributed by atoms with Gasteiger partial charge < -0.3 is 5.11 Å². The first-order valence-electron chi connectivity index (χ1n) is 5.31. The highest BCUT2D eigenvalue weighted by Gasteiger charge is 2.17. The van der Waals surface area contributed by atoms with Crippen LogP contribution in [0, 0.1) is 6.92 Å². The Morgan fingerprint density at radius 3 is 2.94 bits per heavy atom. The second-order valence-electron chi connectivity index (χ2n) is 3.94. The van der Waals surface area contributed by atoms with E-state index in [2.05, 4.69) is 4.98 Å². The molecule has 0 aliphatic rings. The number of hydrogen-bond donors (Lipinski definition) is 1. The van der Waals surface area contributed by atoms with E-state index >= 15 is 0 Å². The van der Waals surface area contributed by atoms with Crippen molar-refractivity contribution in [3.63, 3.8) is 0 Å². The largest absolute Gasteiger partial charge is 0.481 e. The summed E-state index contributed by atoms with van der Waals surface area (Å²) < 4.78 is 0. The maximum absolute atomic E-state index is 10.7. The molecule has 0 saturated heterocycles. The molecule has 1 atom stereocenters. The van der Waals surface area contributed by atoms with Crippen LogP contribution in [0.2, 0.25) is 0 Å². The minimum absolute atomic E-state index is 0.0266. The Bertz CT molecular complexity index is 517. The van der Waals surface area contributed by atoms with Crippen LogP contribution in [0.15, 0.2) is 17.5 Å². The zero-order valence-corrected chi connectivity index (χ0v) is 11.3. The second kappa shape index (κ2) is 4.98. The van der Waals surface area contributed by atoms with Gasteiger partial charge in [-0.3, -0.25) is 4.79 Å². The van der Waals surface area contributed by atoms with Crippen molar-refractivity contribution in [1.82, 2.24) is 4.98 Å². The first-order chi connectivity index (χ1) is 8.08. The zero-order valence-electron chi connectivity index (χ0n) is 9.64. The summed E-state index contributed by atoms with van der Waals surface area (Å²) in [6, 6.07) is 4.03. The molecular weight excluding hydrogens is 254 g/mol. The zero-order chi connectivity index (χ0) is 12.4. The lowest BCUT2D eigenvalue weighted by atomic mass is 10.1. The number of hydrogen-bond acceptors (Lipinski definition) is 4. The molecule has 0 fully saturated rings. The average molecular weight is 267 g/mol. The lowest BCUT2D eigenvalue weighted by Crippen LogP contribution is -2.02. The van der Waals surface area contributed by atoms with Crippen LogP contribution in [0.3, 0.4) is 0 Å². The Morgan fingerprint density at radius 1 is 1.59 bits per heavy atom. The van der Waals surface area contributed by atoms with E-state index in [-0.39, 0.29) is 12.3 Å². The first kappa shape index (κ1) is 12.3. The van der Waals surface area contributed by atoms with Crippen LogP contribution in [0.1, 0.15) is 29.8 Å². The average Bonchev–Trinajstić information content (AvgIpc) is 2.84. The van der Waals surface area contributed by atoms with Gasteiger partial charge in [-0.15, -0.1) is 22.7 Å². The molecule has 2 aromatic heterocycles. The Labute approximate surface area is 108 Å². The van der Waals surface area contributed by atoms with Crippen LogP contribution in [0.25, 0.3) is 9.88 Å². The molecule has 5 heteroatoms. The van der Waals surface area contributed by atoms with Gasteiger partial charge in [0.05, 0.1) is 17.0 Å². The molecule has 0 saturated carbocycles. The Kier molecular flexibility index (Phi) is 3.59. The van der Waals surface area contributed by atoms with Crippen LogP contribution in [-0.2, 0) is 4.79 Å². The summed E-state index contributed by atoms with van der Waals surface area (Å²) in [5, 5.41) is 11.8. The van der Waals surface area contributed by atoms with Crippen molar-refractivity contribution >= 4 is 28.6 Å². The van der Waals surface area contributed by atoms with Gasteiger partial charge in [-0.1, -0.05) is 13.0 Å². The fourth-order valence-corrected chi connectivity index (χ4v) is 3.64. The molecular formula is C12H13NO2S2. The van der Waals surface area contributed by atoms with E-state index in [0.29, 0.717) is 0 Å². The van der Waals surface area contributed by atoms with Crippen molar-refractivity contribution in [2.75, 3.05) is 0 Å². The highest BCUT2D eigenvalue weighted by atomic mass is 32.1. The van der Waals surface area contributed by atoms with Crippen molar-refractivity contribution < 1.29 is 9.90 Å². The van der Waals surface area contributed by atoms with Crippen molar-refractivity contribution in [3.05, 3.63) is 28.1 Å². The Hall–Kier alpha value is -1.20. The number of aromatic nitrogens is 1. The van der Waals surface area contributed by atoms with Gasteiger partial charge in [-0.05, 0) is 18.4 Å². The van der Waals surface area contributed by atoms with E-state index in [1.165, 1.54) is 0 Å². The van der Waals surface area contributed by atoms with Crippen LogP contribution in [-0.4, -0.2) is 16.1 Å². The Balaban J connectivity index is 2.28. The van der Waals surface area contributed by atoms with Gasteiger partial charge in [0.15, 0.2) is 0 Å². The van der Waals surface area contributed by atoms with E-state index in [9.17, 15) is 4.79 Å². The topological polar surface area (TPSA) is 50.2 Å². The summed E-state index contributed by atoms with van der Waals surface area (Å²) in [6.45, 7) is 3.88. The van der Waals surface area contributed by atoms with E-state index in [0.717, 1.165) is 20.5 Å². The lowest BCUT2D eigenvalue weighted by molar-refractivity contribution is -0.137. The number of thiophene rings is 1. The molecule has 0 amide bonds. The number of carbonyl (C=O) groups is 1. The van der Waals surface area contributed by atoms with Gasteiger partial charge in [0.2, 0.25) is 0 Å². The van der Waals surface area contributed by atoms with Crippen molar-refractivity contribution in [1.29, 1.82) is 0 Å². The fourth-order valence-electron chi connectivity index (χ4n) is 1.73. The molecule has 1 unspecified atom stereocenters. The molecule has 0 aliphatic heterocycles. The van der Waals surface area contributed by atoms with E-state index in [1.807, 2.05) is 31.4 Å². The summed E-state index contributed by atoms with van der Waals surface area (Å²) in [5.41, 5.74) is 0.951. The van der Waals surface area contributed by atoms with Gasteiger partial charge in [0.25, 0.3) is 0 Å². The maximum Gasteiger partial charge on any atom is 0.303 e. The number of aliphatic carboxylic acids is 1. The van der Waals surface area contributed by atoms with Gasteiger partial charge in [0, 0.05) is 10.8 Å². The van der Waals surface area contributed by atoms with Gasteiger partial charge >= 0.3 is 5.97 Å². The number of nitrogens with zero attached hydrogens (tertiary/aromatic N) is 1. The van der Waals surface area contributed by atoms with Crippen LogP contribution < -0.4 is 0 Å². The third-order valence-corrected chi connectivity index (χ3v) is 4.92. The monoisotopic (exact) mass is 267 g/mol. The van der Waals surface area contributed by atoms with E-state index < -0.39 is 5.97 Å². The second-order valence-corrected chi connectivity index (χ2v) is 5.92. The summed E-state index contributed by atoms with van der Waals surface area (Å²) in [4.78, 5) is 17.5. The quantitative estimate of drug-likeness (QED) is 0.917. The molecule has 1 N–H and O–H groups in total. The smallest absolute Gasteiger partial charge is 0.303 e. The van der Waals surface area contributed by atoms with Crippen LogP contribution >= 0.6 is 22.7 Å². The van der Waals surface area contributed by atoms with Gasteiger partial charge in [-0.2, -0.15) is 0 Å². The SMILES string of the molecule is Cc1nc(-c2cccs2)sc1C(C)CC(=O)O. The minimum atomic E-state index is -0.761. The normalized spacial score (nSPS) is 12.6. The highest BCUT2D eigenvalue weighted by Crippen LogP contribution is 2.35. The predicted octanol–water partition coefficient (Wildman–Crippen LogP) is 3.76. The molecule has 0 bridgehead atoms. The summed E-state index contributed by atoms with van der Waals surface area (Å²) in [5.74, 6) is -0.735. The van der Waals surface area contributed by atoms with Gasteiger partial charge in [-0.25, -0.2) is 4.98 Å². The van der Waals surface area contributed by atoms with Crippen LogP contribution in [0.4, 0.5) is 0 Å². The van der Waals surface area contributed by atoms with Crippen LogP contribution in [0.5, 0.6) is 0 Å². The number of rotatable bonds is 4. The number of carboxylic acids is 1. The third-order valence-electron chi connectivity index (χ3n) is 2.49. The molecule has 0 spiro atoms. The molecule has 17 heavy (non-hydrogen) atoms. The number of carboxylic acid groups (broad SMARTS) is 1. The molecule has 0 aromatic carbocycles. The summed E-state index contributed by atoms with van der Waals surface area (Å²) >= 11 is 3.26. The standard InChI is InChI=1S/C12H13NO2S2/c1-7(6-10(14)15)11-8(2)13-12(17-11)9-4-3-5-16-9/h3-5,7H,6H2,1-2H3,(H,14,15). The summed E-state index contributed by atoms with van der Waals surface area (Å²) in [6.07, 6.45) is 0.160. The maximum atomic E-state index is 10.7. The number of thiazole rings is 1. The molecule has 3 nitrogen and oxygen atoms in total. The predicted molar refractivity (Wildman–Crippen MR) is 70.8 cm³/mol. The van der Waals surface area contributed by atoms with Gasteiger partial charge in [0.1, 0.15) is 5.01 Å². The molecule has 2 aromatic rings. The van der Waals surface area contributed by atoms with Crippen molar-refractivity contribution in [3.8, 4) is 9.88 Å². The fraction of sp³-hybridized carbons (Fsp3) is 0.333. The summed E-state index contributed by atoms with van der Waals surface area (Å²) in [7, 11) is 0. The molecule has 0 radical (unpaired) electrons. The van der Waals surface area contributed by atoms with Crippen molar-refractivity contribution in [2.24, 2.45) is 0 Å². The highest BCUT2D eigenvalue weighted by molar-refractivity contribution is 7.21. The van der Waals surface area contributed by atoms with E-state index in [1.54, 1.807) is 22.7 Å². The minimum Gasteiger partial charge on any atom is -0.481 e. The third kappa shape index (κ3) is 2.73. The molecule has 90 valence electrons. The molecule has 2 heterocycles. The Morgan fingerprint density at radius 2 is 2.35 bits per heavy atom. The lowest BCUT2D eigenvalue weighted by Gasteiger charge is -2.05. The first-order valence-corrected chi connectivity index (χ1v) is 7.00. The molecule has 2 rings (SSSR count). The van der Waals surface area contributed by atoms with E-state index in [4.69, 9.17) is 5.11 Å².